The first-order chi connectivity index (χ1) is 13.1. The van der Waals surface area contributed by atoms with Crippen molar-refractivity contribution in [2.45, 2.75) is 0 Å². The third-order valence-corrected chi connectivity index (χ3v) is 4.64. The molecule has 3 aromatic heterocycles. The number of nitrogens with zero attached hydrogens (tertiary/aromatic N) is 3. The molecule has 2 amide bonds. The van der Waals surface area contributed by atoms with E-state index >= 15 is 0 Å². The summed E-state index contributed by atoms with van der Waals surface area (Å²) in [4.78, 5) is 31.6. The maximum absolute atomic E-state index is 11.7. The maximum Gasteiger partial charge on any atom is 0.290 e. The van der Waals surface area contributed by atoms with Crippen molar-refractivity contribution in [1.29, 1.82) is 5.26 Å². The molecule has 0 unspecified atom stereocenters. The summed E-state index contributed by atoms with van der Waals surface area (Å²) in [5, 5.41) is 11.7. The second-order valence-electron chi connectivity index (χ2n) is 5.50. The highest BCUT2D eigenvalue weighted by molar-refractivity contribution is 8.18. The second kappa shape index (κ2) is 6.59. The van der Waals surface area contributed by atoms with Crippen LogP contribution in [0.25, 0.3) is 28.2 Å². The van der Waals surface area contributed by atoms with E-state index in [2.05, 4.69) is 15.3 Å². The minimum atomic E-state index is -0.457. The first-order valence-corrected chi connectivity index (χ1v) is 8.47. The van der Waals surface area contributed by atoms with Crippen molar-refractivity contribution < 1.29 is 18.7 Å². The zero-order valence-electron chi connectivity index (χ0n) is 13.8. The molecule has 4 rings (SSSR count). The number of carbonyl (C=O) groups is 2. The van der Waals surface area contributed by atoms with Crippen molar-refractivity contribution in [3.8, 4) is 23.1 Å². The molecular formula is C18H10N4O4S. The van der Waals surface area contributed by atoms with Gasteiger partial charge in [-0.25, -0.2) is 4.98 Å². The van der Waals surface area contributed by atoms with Gasteiger partial charge in [-0.3, -0.25) is 19.9 Å². The number of hydrogen-bond donors (Lipinski definition) is 1. The lowest BCUT2D eigenvalue weighted by molar-refractivity contribution is -0.115. The molecule has 27 heavy (non-hydrogen) atoms. The van der Waals surface area contributed by atoms with E-state index in [0.717, 1.165) is 11.8 Å². The van der Waals surface area contributed by atoms with E-state index in [0.29, 0.717) is 33.4 Å². The molecule has 1 aliphatic rings. The predicted molar refractivity (Wildman–Crippen MR) is 97.6 cm³/mol. The van der Waals surface area contributed by atoms with E-state index in [1.807, 2.05) is 6.07 Å². The summed E-state index contributed by atoms with van der Waals surface area (Å²) in [6, 6.07) is 5.40. The second-order valence-corrected chi connectivity index (χ2v) is 6.51. The number of carbonyl (C=O) groups excluding carboxylic acids is 2. The SMILES string of the molecule is COc1ncc(-c2cncc3cc(C=C4SC(=O)NC4=O)oc23)cc1C#N. The Labute approximate surface area is 156 Å². The molecule has 0 aliphatic carbocycles. The van der Waals surface area contributed by atoms with Crippen LogP contribution in [0.2, 0.25) is 0 Å². The summed E-state index contributed by atoms with van der Waals surface area (Å²) < 4.78 is 10.9. The van der Waals surface area contributed by atoms with Crippen molar-refractivity contribution >= 4 is 40.0 Å². The highest BCUT2D eigenvalue weighted by Crippen LogP contribution is 2.33. The molecule has 3 aromatic rings. The van der Waals surface area contributed by atoms with Gasteiger partial charge < -0.3 is 9.15 Å². The number of fused-ring (bicyclic) bond motifs is 1. The molecule has 1 N–H and O–H groups in total. The molecule has 8 nitrogen and oxygen atoms in total. The fraction of sp³-hybridized carbons (Fsp3) is 0.0556. The lowest BCUT2D eigenvalue weighted by Gasteiger charge is -2.05. The van der Waals surface area contributed by atoms with Gasteiger partial charge in [0.2, 0.25) is 5.88 Å². The number of methoxy groups -OCH3 is 1. The van der Waals surface area contributed by atoms with Gasteiger partial charge in [0.1, 0.15) is 23.0 Å². The number of hydrogen-bond acceptors (Lipinski definition) is 8. The first-order valence-electron chi connectivity index (χ1n) is 7.66. The molecule has 1 saturated heterocycles. The van der Waals surface area contributed by atoms with Crippen molar-refractivity contribution in [1.82, 2.24) is 15.3 Å². The van der Waals surface area contributed by atoms with E-state index in [4.69, 9.17) is 9.15 Å². The fourth-order valence-electron chi connectivity index (χ4n) is 2.65. The molecule has 4 heterocycles. The molecule has 1 fully saturated rings. The summed E-state index contributed by atoms with van der Waals surface area (Å²) in [6.45, 7) is 0. The number of imide groups is 1. The van der Waals surface area contributed by atoms with Gasteiger partial charge in [0.25, 0.3) is 11.1 Å². The number of ether oxygens (including phenoxy) is 1. The highest BCUT2D eigenvalue weighted by atomic mass is 32.2. The average molecular weight is 378 g/mol. The minimum absolute atomic E-state index is 0.236. The number of pyridine rings is 2. The average Bonchev–Trinajstić information content (AvgIpc) is 3.22. The third kappa shape index (κ3) is 3.02. The lowest BCUT2D eigenvalue weighted by Crippen LogP contribution is -2.17. The Bertz CT molecular complexity index is 1180. The van der Waals surface area contributed by atoms with Crippen LogP contribution in [0.5, 0.6) is 5.88 Å². The summed E-state index contributed by atoms with van der Waals surface area (Å²) in [7, 11) is 1.44. The highest BCUT2D eigenvalue weighted by Gasteiger charge is 2.25. The van der Waals surface area contributed by atoms with Crippen molar-refractivity contribution in [3.05, 3.63) is 47.0 Å². The van der Waals surface area contributed by atoms with Gasteiger partial charge in [0.15, 0.2) is 0 Å². The first kappa shape index (κ1) is 16.8. The zero-order valence-corrected chi connectivity index (χ0v) is 14.7. The molecule has 0 bridgehead atoms. The van der Waals surface area contributed by atoms with Crippen molar-refractivity contribution in [2.24, 2.45) is 0 Å². The predicted octanol–water partition coefficient (Wildman–Crippen LogP) is 3.09. The molecular weight excluding hydrogens is 368 g/mol. The van der Waals surface area contributed by atoms with Gasteiger partial charge >= 0.3 is 0 Å². The fourth-order valence-corrected chi connectivity index (χ4v) is 3.31. The van der Waals surface area contributed by atoms with Gasteiger partial charge in [-0.15, -0.1) is 0 Å². The number of nitrogens with one attached hydrogen (secondary N) is 1. The molecule has 0 radical (unpaired) electrons. The van der Waals surface area contributed by atoms with Gasteiger partial charge in [0.05, 0.1) is 12.0 Å². The van der Waals surface area contributed by atoms with Crippen molar-refractivity contribution in [2.75, 3.05) is 7.11 Å². The number of amides is 2. The Morgan fingerprint density at radius 1 is 1.30 bits per heavy atom. The Morgan fingerprint density at radius 3 is 2.85 bits per heavy atom. The van der Waals surface area contributed by atoms with E-state index < -0.39 is 11.1 Å². The summed E-state index contributed by atoms with van der Waals surface area (Å²) in [5.41, 5.74) is 2.10. The van der Waals surface area contributed by atoms with Crippen LogP contribution in [0.4, 0.5) is 4.79 Å². The quantitative estimate of drug-likeness (QED) is 0.691. The molecule has 1 aliphatic heterocycles. The van der Waals surface area contributed by atoms with Gasteiger partial charge in [-0.05, 0) is 23.9 Å². The summed E-state index contributed by atoms with van der Waals surface area (Å²) in [5.74, 6) is 0.190. The molecule has 0 saturated carbocycles. The number of nitriles is 1. The van der Waals surface area contributed by atoms with Gasteiger partial charge in [-0.2, -0.15) is 5.26 Å². The van der Waals surface area contributed by atoms with Crippen LogP contribution in [0.1, 0.15) is 11.3 Å². The lowest BCUT2D eigenvalue weighted by atomic mass is 10.1. The molecule has 9 heteroatoms. The number of thioether (sulfide) groups is 1. The summed E-state index contributed by atoms with van der Waals surface area (Å²) >= 11 is 0.814. The Balaban J connectivity index is 1.81. The van der Waals surface area contributed by atoms with E-state index in [-0.39, 0.29) is 10.8 Å². The van der Waals surface area contributed by atoms with Crippen LogP contribution in [0.15, 0.2) is 40.0 Å². The number of aromatic nitrogens is 2. The van der Waals surface area contributed by atoms with Crippen LogP contribution < -0.4 is 10.1 Å². The normalized spacial score (nSPS) is 15.2. The smallest absolute Gasteiger partial charge is 0.290 e. The topological polar surface area (TPSA) is 118 Å². The van der Waals surface area contributed by atoms with Gasteiger partial charge in [0, 0.05) is 41.2 Å². The van der Waals surface area contributed by atoms with E-state index in [9.17, 15) is 14.9 Å². The van der Waals surface area contributed by atoms with Crippen LogP contribution >= 0.6 is 11.8 Å². The van der Waals surface area contributed by atoms with Crippen LogP contribution in [-0.2, 0) is 4.79 Å². The Morgan fingerprint density at radius 2 is 2.15 bits per heavy atom. The zero-order chi connectivity index (χ0) is 19.0. The third-order valence-electron chi connectivity index (χ3n) is 3.83. The van der Waals surface area contributed by atoms with Gasteiger partial charge in [-0.1, -0.05) is 0 Å². The standard InChI is InChI=1S/C18H10N4O4S/c1-25-17-9(5-19)2-10(7-21-17)13-8-20-6-11-3-12(26-15(11)13)4-14-16(23)22-18(24)27-14/h2-4,6-8H,1H3,(H,22,23,24). The molecule has 0 atom stereocenters. The van der Waals surface area contributed by atoms with Crippen LogP contribution in [0.3, 0.4) is 0 Å². The molecule has 0 spiro atoms. The maximum atomic E-state index is 11.7. The number of furan rings is 1. The molecule has 0 aromatic carbocycles. The Hall–Kier alpha value is -3.64. The van der Waals surface area contributed by atoms with E-state index in [1.54, 1.807) is 30.7 Å². The Kier molecular flexibility index (Phi) is 4.10. The van der Waals surface area contributed by atoms with E-state index in [1.165, 1.54) is 13.2 Å². The summed E-state index contributed by atoms with van der Waals surface area (Å²) in [6.07, 6.45) is 6.30. The molecule has 132 valence electrons. The van der Waals surface area contributed by atoms with Crippen LogP contribution in [0, 0.1) is 11.3 Å². The largest absolute Gasteiger partial charge is 0.480 e. The van der Waals surface area contributed by atoms with Crippen molar-refractivity contribution in [3.63, 3.8) is 0 Å². The monoisotopic (exact) mass is 378 g/mol. The van der Waals surface area contributed by atoms with Crippen LogP contribution in [-0.4, -0.2) is 28.2 Å². The number of rotatable bonds is 3. The minimum Gasteiger partial charge on any atom is -0.480 e.